The van der Waals surface area contributed by atoms with Crippen LogP contribution in [0.1, 0.15) is 48.0 Å². The molecule has 0 aliphatic heterocycles. The van der Waals surface area contributed by atoms with Crippen molar-refractivity contribution in [1.29, 1.82) is 0 Å². The number of aliphatic hydroxyl groups excluding tert-OH is 1. The first kappa shape index (κ1) is 26.5. The highest BCUT2D eigenvalue weighted by molar-refractivity contribution is 6.99. The maximum atomic E-state index is 10.8. The zero-order valence-electron chi connectivity index (χ0n) is 21.0. The average Bonchev–Trinajstić information content (AvgIpc) is 2.78. The van der Waals surface area contributed by atoms with Crippen LogP contribution in [0, 0.1) is 11.3 Å². The summed E-state index contributed by atoms with van der Waals surface area (Å²) in [5.74, 6) is 0.122. The highest BCUT2D eigenvalue weighted by Crippen LogP contribution is 2.37. The van der Waals surface area contributed by atoms with Crippen molar-refractivity contribution in [2.75, 3.05) is 13.7 Å². The Morgan fingerprint density at radius 3 is 1.78 bits per heavy atom. The van der Waals surface area contributed by atoms with Crippen molar-refractivity contribution in [3.05, 3.63) is 73.3 Å². The van der Waals surface area contributed by atoms with Gasteiger partial charge in [-0.3, -0.25) is 0 Å². The maximum absolute atomic E-state index is 10.8. The molecule has 2 rings (SSSR count). The van der Waals surface area contributed by atoms with E-state index < -0.39 is 14.4 Å². The lowest BCUT2D eigenvalue weighted by molar-refractivity contribution is -0.0244. The molecule has 176 valence electrons. The Morgan fingerprint density at radius 1 is 0.938 bits per heavy atom. The van der Waals surface area contributed by atoms with Gasteiger partial charge in [-0.25, -0.2) is 0 Å². The molecule has 0 spiro atoms. The molecule has 4 heteroatoms. The highest BCUT2D eigenvalue weighted by atomic mass is 28.4. The summed E-state index contributed by atoms with van der Waals surface area (Å²) in [5, 5.41) is 13.2. The Bertz CT molecular complexity index is 787. The Labute approximate surface area is 196 Å². The molecule has 0 aromatic heterocycles. The first-order chi connectivity index (χ1) is 15.0. The number of ether oxygens (including phenoxy) is 1. The van der Waals surface area contributed by atoms with E-state index in [9.17, 15) is 5.11 Å². The molecule has 2 aromatic rings. The third-order valence-corrected chi connectivity index (χ3v) is 11.8. The summed E-state index contributed by atoms with van der Waals surface area (Å²) in [6, 6.07) is 21.4. The zero-order valence-corrected chi connectivity index (χ0v) is 22.0. The minimum absolute atomic E-state index is 0.0671. The summed E-state index contributed by atoms with van der Waals surface area (Å²) in [4.78, 5) is 0. The molecule has 0 unspecified atom stereocenters. The molecule has 32 heavy (non-hydrogen) atoms. The Hall–Kier alpha value is -1.72. The van der Waals surface area contributed by atoms with Gasteiger partial charge in [0.05, 0.1) is 12.2 Å². The second-order valence-corrected chi connectivity index (χ2v) is 14.8. The first-order valence-corrected chi connectivity index (χ1v) is 13.5. The molecular weight excluding hydrogens is 412 g/mol. The van der Waals surface area contributed by atoms with Gasteiger partial charge < -0.3 is 14.3 Å². The molecular formula is C28H42O3Si. The summed E-state index contributed by atoms with van der Waals surface area (Å²) in [7, 11) is -0.869. The lowest BCUT2D eigenvalue weighted by Gasteiger charge is -2.44. The predicted molar refractivity (Wildman–Crippen MR) is 138 cm³/mol. The van der Waals surface area contributed by atoms with Crippen molar-refractivity contribution in [2.24, 2.45) is 11.3 Å². The Balaban J connectivity index is 2.37. The van der Waals surface area contributed by atoms with Gasteiger partial charge >= 0.3 is 0 Å². The third-order valence-electron chi connectivity index (χ3n) is 6.76. The van der Waals surface area contributed by atoms with Crippen LogP contribution >= 0.6 is 0 Å². The molecule has 0 fully saturated rings. The highest BCUT2D eigenvalue weighted by Gasteiger charge is 2.50. The van der Waals surface area contributed by atoms with E-state index in [1.807, 2.05) is 19.9 Å². The molecule has 0 radical (unpaired) electrons. The number of benzene rings is 2. The molecule has 0 heterocycles. The second kappa shape index (κ2) is 10.9. The van der Waals surface area contributed by atoms with Gasteiger partial charge in [0.15, 0.2) is 0 Å². The van der Waals surface area contributed by atoms with Crippen molar-refractivity contribution >= 4 is 18.7 Å². The van der Waals surface area contributed by atoms with Gasteiger partial charge in [0.25, 0.3) is 8.32 Å². The molecule has 0 saturated carbocycles. The minimum atomic E-state index is -2.59. The summed E-state index contributed by atoms with van der Waals surface area (Å²) in [6.07, 6.45) is 1.72. The van der Waals surface area contributed by atoms with Gasteiger partial charge in [0.1, 0.15) is 0 Å². The standard InChI is InChI=1S/C28H42O3Si/c1-9-28(6,7)26(29)20-25(30-8)22(2)21-31-32(27(3,4)5,23-16-12-10-13-17-23)24-18-14-11-15-19-24/h9-19,22,25-26,29H,1,20-21H2,2-8H3/t22-,25-,26-/m0/s1. The SMILES string of the molecule is C=CC(C)(C)[C@@H](O)C[C@H](OC)[C@@H](C)CO[Si](c1ccccc1)(c1ccccc1)C(C)(C)C. The smallest absolute Gasteiger partial charge is 0.261 e. The number of methoxy groups -OCH3 is 1. The van der Waals surface area contributed by atoms with E-state index in [2.05, 4.69) is 94.9 Å². The normalized spacial score (nSPS) is 15.8. The average molecular weight is 455 g/mol. The fourth-order valence-corrected chi connectivity index (χ4v) is 9.01. The Morgan fingerprint density at radius 2 is 1.41 bits per heavy atom. The van der Waals surface area contributed by atoms with E-state index in [4.69, 9.17) is 9.16 Å². The van der Waals surface area contributed by atoms with Crippen LogP contribution in [0.2, 0.25) is 5.04 Å². The van der Waals surface area contributed by atoms with E-state index in [0.717, 1.165) is 0 Å². The summed E-state index contributed by atoms with van der Waals surface area (Å²) < 4.78 is 12.9. The largest absolute Gasteiger partial charge is 0.407 e. The van der Waals surface area contributed by atoms with Crippen LogP contribution < -0.4 is 10.4 Å². The summed E-state index contributed by atoms with van der Waals surface area (Å²) in [5.41, 5.74) is -0.366. The van der Waals surface area contributed by atoms with Crippen molar-refractivity contribution in [2.45, 2.75) is 65.2 Å². The topological polar surface area (TPSA) is 38.7 Å². The molecule has 0 aliphatic carbocycles. The van der Waals surface area contributed by atoms with E-state index in [1.165, 1.54) is 10.4 Å². The van der Waals surface area contributed by atoms with Crippen LogP contribution in [-0.2, 0) is 9.16 Å². The molecule has 0 saturated heterocycles. The van der Waals surface area contributed by atoms with E-state index >= 15 is 0 Å². The van der Waals surface area contributed by atoms with Gasteiger partial charge in [-0.05, 0) is 15.4 Å². The summed E-state index contributed by atoms with van der Waals surface area (Å²) in [6.45, 7) is 17.4. The molecule has 3 nitrogen and oxygen atoms in total. The van der Waals surface area contributed by atoms with Crippen LogP contribution in [0.3, 0.4) is 0 Å². The monoisotopic (exact) mass is 454 g/mol. The lowest BCUT2D eigenvalue weighted by Crippen LogP contribution is -2.67. The first-order valence-electron chi connectivity index (χ1n) is 11.6. The lowest BCUT2D eigenvalue weighted by atomic mass is 9.82. The minimum Gasteiger partial charge on any atom is -0.407 e. The van der Waals surface area contributed by atoms with Crippen LogP contribution in [0.5, 0.6) is 0 Å². The maximum Gasteiger partial charge on any atom is 0.261 e. The van der Waals surface area contributed by atoms with Crippen LogP contribution in [0.25, 0.3) is 0 Å². The van der Waals surface area contributed by atoms with E-state index in [-0.39, 0.29) is 22.5 Å². The van der Waals surface area contributed by atoms with E-state index in [1.54, 1.807) is 7.11 Å². The van der Waals surface area contributed by atoms with Crippen LogP contribution in [-0.4, -0.2) is 39.3 Å². The van der Waals surface area contributed by atoms with Gasteiger partial charge in [-0.15, -0.1) is 6.58 Å². The van der Waals surface area contributed by atoms with Crippen molar-refractivity contribution in [1.82, 2.24) is 0 Å². The van der Waals surface area contributed by atoms with Crippen molar-refractivity contribution in [3.63, 3.8) is 0 Å². The number of rotatable bonds is 11. The predicted octanol–water partition coefficient (Wildman–Crippen LogP) is 5.18. The zero-order chi connectivity index (χ0) is 24.0. The van der Waals surface area contributed by atoms with Gasteiger partial charge in [-0.1, -0.05) is 108 Å². The van der Waals surface area contributed by atoms with Gasteiger partial charge in [0, 0.05) is 31.5 Å². The fourth-order valence-electron chi connectivity index (χ4n) is 4.35. The molecule has 0 aliphatic rings. The van der Waals surface area contributed by atoms with E-state index in [0.29, 0.717) is 13.0 Å². The second-order valence-electron chi connectivity index (χ2n) is 10.5. The number of hydrogen-bond acceptors (Lipinski definition) is 3. The van der Waals surface area contributed by atoms with Crippen molar-refractivity contribution < 1.29 is 14.3 Å². The molecule has 1 N–H and O–H groups in total. The quantitative estimate of drug-likeness (QED) is 0.376. The van der Waals surface area contributed by atoms with Crippen molar-refractivity contribution in [3.8, 4) is 0 Å². The van der Waals surface area contributed by atoms with Gasteiger partial charge in [0.2, 0.25) is 0 Å². The summed E-state index contributed by atoms with van der Waals surface area (Å²) >= 11 is 0. The molecule has 3 atom stereocenters. The number of aliphatic hydroxyl groups is 1. The molecule has 0 bridgehead atoms. The van der Waals surface area contributed by atoms with Crippen LogP contribution in [0.15, 0.2) is 73.3 Å². The molecule has 0 amide bonds. The fraction of sp³-hybridized carbons (Fsp3) is 0.500. The van der Waals surface area contributed by atoms with Crippen LogP contribution in [0.4, 0.5) is 0 Å². The third kappa shape index (κ3) is 5.79. The Kier molecular flexibility index (Phi) is 9.06. The molecule has 2 aromatic carbocycles. The van der Waals surface area contributed by atoms with Gasteiger partial charge in [-0.2, -0.15) is 0 Å². The number of hydrogen-bond donors (Lipinski definition) is 1.